The summed E-state index contributed by atoms with van der Waals surface area (Å²) in [4.78, 5) is 0. The summed E-state index contributed by atoms with van der Waals surface area (Å²) < 4.78 is 30.6. The van der Waals surface area contributed by atoms with Gasteiger partial charge in [-0.1, -0.05) is 11.6 Å². The molecule has 0 amide bonds. The van der Waals surface area contributed by atoms with Gasteiger partial charge in [-0.2, -0.15) is 0 Å². The molecule has 0 radical (unpaired) electrons. The van der Waals surface area contributed by atoms with Crippen LogP contribution in [0.3, 0.4) is 0 Å². The molecule has 0 spiro atoms. The summed E-state index contributed by atoms with van der Waals surface area (Å²) in [5.74, 6) is -1.45. The molecule has 1 aromatic carbocycles. The Labute approximate surface area is 86.8 Å². The van der Waals surface area contributed by atoms with Crippen molar-refractivity contribution < 1.29 is 13.5 Å². The fraction of sp³-hybridized carbons (Fsp3) is 0.143. The molecule has 66 valence electrons. The van der Waals surface area contributed by atoms with Gasteiger partial charge < -0.3 is 4.74 Å². The van der Waals surface area contributed by atoms with E-state index >= 15 is 0 Å². The van der Waals surface area contributed by atoms with E-state index in [2.05, 4.69) is 0 Å². The second-order valence-electron chi connectivity index (χ2n) is 2.00. The largest absolute Gasteiger partial charge is 0.495 e. The molecule has 0 aliphatic heterocycles. The highest BCUT2D eigenvalue weighted by molar-refractivity contribution is 14.1. The molecule has 1 aromatic rings. The predicted molar refractivity (Wildman–Crippen MR) is 50.6 cm³/mol. The topological polar surface area (TPSA) is 9.23 Å². The molecule has 0 aliphatic carbocycles. The first-order valence-corrected chi connectivity index (χ1v) is 4.40. The van der Waals surface area contributed by atoms with Crippen molar-refractivity contribution in [2.45, 2.75) is 0 Å². The third-order valence-corrected chi connectivity index (χ3v) is 2.64. The van der Waals surface area contributed by atoms with Crippen molar-refractivity contribution in [3.63, 3.8) is 0 Å². The molecule has 0 aliphatic rings. The molecule has 5 heteroatoms. The van der Waals surface area contributed by atoms with Crippen LogP contribution in [0.2, 0.25) is 5.02 Å². The lowest BCUT2D eigenvalue weighted by atomic mass is 10.3. The number of rotatable bonds is 1. The van der Waals surface area contributed by atoms with E-state index < -0.39 is 16.7 Å². The van der Waals surface area contributed by atoms with Crippen molar-refractivity contribution >= 4 is 34.2 Å². The summed E-state index contributed by atoms with van der Waals surface area (Å²) in [5, 5.41) is -0.500. The lowest BCUT2D eigenvalue weighted by Crippen LogP contribution is -1.94. The van der Waals surface area contributed by atoms with Gasteiger partial charge >= 0.3 is 0 Å². The van der Waals surface area contributed by atoms with Crippen molar-refractivity contribution in [1.29, 1.82) is 0 Å². The van der Waals surface area contributed by atoms with Gasteiger partial charge in [-0.3, -0.25) is 0 Å². The molecular formula is C7H4ClF2IO. The fourth-order valence-corrected chi connectivity index (χ4v) is 1.65. The molecule has 0 fully saturated rings. The Bertz CT molecular complexity index is 317. The summed E-state index contributed by atoms with van der Waals surface area (Å²) in [6.07, 6.45) is 0. The van der Waals surface area contributed by atoms with E-state index in [9.17, 15) is 8.78 Å². The average molecular weight is 304 g/mol. The molecule has 0 bridgehead atoms. The van der Waals surface area contributed by atoms with Gasteiger partial charge in [0.15, 0.2) is 5.82 Å². The molecule has 0 saturated heterocycles. The minimum Gasteiger partial charge on any atom is -0.495 e. The molecule has 0 unspecified atom stereocenters. The number of halogens is 4. The Hall–Kier alpha value is -0.100. The lowest BCUT2D eigenvalue weighted by molar-refractivity contribution is 0.402. The van der Waals surface area contributed by atoms with Gasteiger partial charge in [-0.05, 0) is 22.6 Å². The number of hydrogen-bond donors (Lipinski definition) is 0. The van der Waals surface area contributed by atoms with E-state index in [1.54, 1.807) is 22.6 Å². The van der Waals surface area contributed by atoms with Crippen LogP contribution in [0.25, 0.3) is 0 Å². The minimum absolute atomic E-state index is 0.148. The molecule has 0 N–H and O–H groups in total. The number of hydrogen-bond acceptors (Lipinski definition) is 1. The van der Waals surface area contributed by atoms with E-state index in [0.717, 1.165) is 6.07 Å². The molecular weight excluding hydrogens is 300 g/mol. The zero-order chi connectivity index (χ0) is 9.30. The summed E-state index contributed by atoms with van der Waals surface area (Å²) in [5.41, 5.74) is 0. The monoisotopic (exact) mass is 304 g/mol. The number of methoxy groups -OCH3 is 1. The second kappa shape index (κ2) is 3.74. The second-order valence-corrected chi connectivity index (χ2v) is 3.46. The van der Waals surface area contributed by atoms with Crippen LogP contribution < -0.4 is 4.74 Å². The summed E-state index contributed by atoms with van der Waals surface area (Å²) in [6, 6.07) is 1.05. The molecule has 0 heterocycles. The Balaban J connectivity index is 3.39. The molecule has 1 rings (SSSR count). The maximum Gasteiger partial charge on any atom is 0.161 e. The highest BCUT2D eigenvalue weighted by Gasteiger charge is 2.15. The maximum absolute atomic E-state index is 13.0. The summed E-state index contributed by atoms with van der Waals surface area (Å²) >= 11 is 7.00. The molecule has 12 heavy (non-hydrogen) atoms. The fourth-order valence-electron chi connectivity index (χ4n) is 0.700. The van der Waals surface area contributed by atoms with Gasteiger partial charge in [0.25, 0.3) is 0 Å². The standard InChI is InChI=1S/C7H4ClF2IO/c1-12-4-2-3(9)5(8)6(10)7(4)11/h2H,1H3. The van der Waals surface area contributed by atoms with Gasteiger partial charge in [-0.15, -0.1) is 0 Å². The highest BCUT2D eigenvalue weighted by Crippen LogP contribution is 2.30. The van der Waals surface area contributed by atoms with Crippen LogP contribution in [0.4, 0.5) is 8.78 Å². The van der Waals surface area contributed by atoms with Gasteiger partial charge in [0.2, 0.25) is 0 Å². The van der Waals surface area contributed by atoms with Crippen molar-refractivity contribution in [3.05, 3.63) is 26.3 Å². The minimum atomic E-state index is -0.813. The first-order chi connectivity index (χ1) is 5.57. The lowest BCUT2D eigenvalue weighted by Gasteiger charge is -2.05. The van der Waals surface area contributed by atoms with Gasteiger partial charge in [0.05, 0.1) is 10.7 Å². The normalized spacial score (nSPS) is 10.1. The Morgan fingerprint density at radius 3 is 2.58 bits per heavy atom. The van der Waals surface area contributed by atoms with Crippen molar-refractivity contribution in [3.8, 4) is 5.75 Å². The van der Waals surface area contributed by atoms with Crippen LogP contribution in [0.1, 0.15) is 0 Å². The molecule has 0 atom stereocenters. The SMILES string of the molecule is COc1cc(F)c(Cl)c(F)c1I. The third-order valence-electron chi connectivity index (χ3n) is 1.29. The molecule has 0 saturated carbocycles. The van der Waals surface area contributed by atoms with E-state index in [1.165, 1.54) is 7.11 Å². The van der Waals surface area contributed by atoms with E-state index in [1.807, 2.05) is 0 Å². The Kier molecular flexibility index (Phi) is 3.11. The first kappa shape index (κ1) is 9.98. The van der Waals surface area contributed by atoms with E-state index in [4.69, 9.17) is 16.3 Å². The number of benzene rings is 1. The van der Waals surface area contributed by atoms with Crippen LogP contribution in [0, 0.1) is 15.2 Å². The van der Waals surface area contributed by atoms with E-state index in [-0.39, 0.29) is 9.32 Å². The Morgan fingerprint density at radius 1 is 1.50 bits per heavy atom. The van der Waals surface area contributed by atoms with E-state index in [0.29, 0.717) is 0 Å². The zero-order valence-electron chi connectivity index (χ0n) is 6.00. The summed E-state index contributed by atoms with van der Waals surface area (Å²) in [6.45, 7) is 0. The van der Waals surface area contributed by atoms with Crippen LogP contribution in [-0.4, -0.2) is 7.11 Å². The van der Waals surface area contributed by atoms with Gasteiger partial charge in [0.1, 0.15) is 16.6 Å². The zero-order valence-corrected chi connectivity index (χ0v) is 8.91. The number of ether oxygens (including phenoxy) is 1. The summed E-state index contributed by atoms with van der Waals surface area (Å²) in [7, 11) is 1.34. The maximum atomic E-state index is 13.0. The van der Waals surface area contributed by atoms with Gasteiger partial charge in [-0.25, -0.2) is 8.78 Å². The van der Waals surface area contributed by atoms with Crippen LogP contribution in [0.15, 0.2) is 6.07 Å². The third kappa shape index (κ3) is 1.64. The van der Waals surface area contributed by atoms with Crippen molar-refractivity contribution in [2.75, 3.05) is 7.11 Å². The van der Waals surface area contributed by atoms with Crippen molar-refractivity contribution in [2.24, 2.45) is 0 Å². The first-order valence-electron chi connectivity index (χ1n) is 2.95. The Morgan fingerprint density at radius 2 is 2.08 bits per heavy atom. The predicted octanol–water partition coefficient (Wildman–Crippen LogP) is 3.23. The smallest absolute Gasteiger partial charge is 0.161 e. The van der Waals surface area contributed by atoms with Crippen LogP contribution in [0.5, 0.6) is 5.75 Å². The van der Waals surface area contributed by atoms with Crippen LogP contribution >= 0.6 is 34.2 Å². The van der Waals surface area contributed by atoms with Crippen LogP contribution in [-0.2, 0) is 0 Å². The van der Waals surface area contributed by atoms with Gasteiger partial charge in [0, 0.05) is 6.07 Å². The highest BCUT2D eigenvalue weighted by atomic mass is 127. The molecule has 1 nitrogen and oxygen atoms in total. The quantitative estimate of drug-likeness (QED) is 0.440. The van der Waals surface area contributed by atoms with Crippen molar-refractivity contribution in [1.82, 2.24) is 0 Å². The average Bonchev–Trinajstić information content (AvgIpc) is 2.08. The molecule has 0 aromatic heterocycles.